The minimum Gasteiger partial charge on any atom is -0.461 e. The predicted octanol–water partition coefficient (Wildman–Crippen LogP) is 1.68. The Balaban J connectivity index is 1.74. The Labute approximate surface area is 100.0 Å². The van der Waals surface area contributed by atoms with Gasteiger partial charge in [-0.2, -0.15) is 0 Å². The van der Waals surface area contributed by atoms with Gasteiger partial charge < -0.3 is 10.1 Å². The summed E-state index contributed by atoms with van der Waals surface area (Å²) in [6.45, 7) is 1.16. The molecule has 1 aromatic carbocycles. The normalized spacial score (nSPS) is 23.6. The summed E-state index contributed by atoms with van der Waals surface area (Å²) < 4.78 is 18.3. The number of carbonyl (C=O) groups excluding carboxylic acids is 1. The lowest BCUT2D eigenvalue weighted by Crippen LogP contribution is -2.19. The van der Waals surface area contributed by atoms with Crippen LogP contribution in [-0.4, -0.2) is 25.2 Å². The molecule has 0 amide bonds. The number of halogens is 1. The average molecular weight is 237 g/mol. The van der Waals surface area contributed by atoms with Crippen molar-refractivity contribution in [2.24, 2.45) is 5.92 Å². The summed E-state index contributed by atoms with van der Waals surface area (Å²) in [6, 6.07) is 9.47. The fourth-order valence-electron chi connectivity index (χ4n) is 1.91. The van der Waals surface area contributed by atoms with E-state index in [0.717, 1.165) is 5.56 Å². The van der Waals surface area contributed by atoms with Gasteiger partial charge in [0.05, 0.1) is 6.42 Å². The predicted molar refractivity (Wildman–Crippen MR) is 62.1 cm³/mol. The first-order valence-electron chi connectivity index (χ1n) is 5.80. The lowest BCUT2D eigenvalue weighted by molar-refractivity contribution is -0.146. The van der Waals surface area contributed by atoms with Gasteiger partial charge in [0.15, 0.2) is 0 Å². The summed E-state index contributed by atoms with van der Waals surface area (Å²) in [7, 11) is 0. The van der Waals surface area contributed by atoms with Crippen LogP contribution in [-0.2, 0) is 16.1 Å². The van der Waals surface area contributed by atoms with Crippen molar-refractivity contribution in [3.05, 3.63) is 35.9 Å². The minimum absolute atomic E-state index is 0.154. The number of ether oxygens (including phenoxy) is 1. The molecule has 2 atom stereocenters. The Morgan fingerprint density at radius 2 is 2.12 bits per heavy atom. The molecule has 1 aromatic rings. The summed E-state index contributed by atoms with van der Waals surface area (Å²) in [4.78, 5) is 11.5. The highest BCUT2D eigenvalue weighted by Crippen LogP contribution is 2.17. The van der Waals surface area contributed by atoms with Crippen LogP contribution >= 0.6 is 0 Å². The van der Waals surface area contributed by atoms with Crippen LogP contribution in [0, 0.1) is 5.92 Å². The fraction of sp³-hybridized carbons (Fsp3) is 0.462. The van der Waals surface area contributed by atoms with Gasteiger partial charge in [0.2, 0.25) is 0 Å². The van der Waals surface area contributed by atoms with Crippen molar-refractivity contribution in [1.82, 2.24) is 5.32 Å². The van der Waals surface area contributed by atoms with Crippen molar-refractivity contribution in [2.45, 2.75) is 19.2 Å². The van der Waals surface area contributed by atoms with Gasteiger partial charge in [0.25, 0.3) is 0 Å². The van der Waals surface area contributed by atoms with Gasteiger partial charge in [-0.25, -0.2) is 4.39 Å². The van der Waals surface area contributed by atoms with Gasteiger partial charge in [-0.05, 0) is 5.56 Å². The van der Waals surface area contributed by atoms with Crippen LogP contribution in [0.5, 0.6) is 0 Å². The summed E-state index contributed by atoms with van der Waals surface area (Å²) in [6.07, 6.45) is -0.777. The van der Waals surface area contributed by atoms with Crippen molar-refractivity contribution >= 4 is 5.97 Å². The highest BCUT2D eigenvalue weighted by atomic mass is 19.1. The number of carbonyl (C=O) groups is 1. The Kier molecular flexibility index (Phi) is 4.09. The van der Waals surface area contributed by atoms with E-state index in [-0.39, 0.29) is 24.9 Å². The third-order valence-corrected chi connectivity index (χ3v) is 2.93. The molecule has 0 unspecified atom stereocenters. The van der Waals surface area contributed by atoms with Gasteiger partial charge in [0, 0.05) is 19.0 Å². The Hall–Kier alpha value is -1.42. The van der Waals surface area contributed by atoms with Crippen LogP contribution in [0.25, 0.3) is 0 Å². The monoisotopic (exact) mass is 237 g/mol. The van der Waals surface area contributed by atoms with Gasteiger partial charge in [-0.3, -0.25) is 4.79 Å². The lowest BCUT2D eigenvalue weighted by atomic mass is 10.0. The number of alkyl halides is 1. The molecule has 92 valence electrons. The smallest absolute Gasteiger partial charge is 0.306 e. The number of nitrogens with one attached hydrogen (secondary N) is 1. The molecule has 4 heteroatoms. The third-order valence-electron chi connectivity index (χ3n) is 2.93. The number of benzene rings is 1. The van der Waals surface area contributed by atoms with Gasteiger partial charge in [-0.15, -0.1) is 0 Å². The molecule has 0 radical (unpaired) electrons. The summed E-state index contributed by atoms with van der Waals surface area (Å²) >= 11 is 0. The lowest BCUT2D eigenvalue weighted by Gasteiger charge is -2.10. The van der Waals surface area contributed by atoms with Crippen molar-refractivity contribution in [2.75, 3.05) is 13.1 Å². The topological polar surface area (TPSA) is 38.3 Å². The van der Waals surface area contributed by atoms with E-state index in [4.69, 9.17) is 4.74 Å². The molecule has 0 aliphatic carbocycles. The second kappa shape index (κ2) is 5.77. The molecule has 1 aliphatic rings. The van der Waals surface area contributed by atoms with E-state index in [1.807, 2.05) is 30.3 Å². The maximum atomic E-state index is 13.2. The fourth-order valence-corrected chi connectivity index (χ4v) is 1.91. The quantitative estimate of drug-likeness (QED) is 0.810. The van der Waals surface area contributed by atoms with Crippen LogP contribution < -0.4 is 5.32 Å². The molecule has 0 aromatic heterocycles. The zero-order valence-electron chi connectivity index (χ0n) is 9.56. The van der Waals surface area contributed by atoms with E-state index in [1.54, 1.807) is 0 Å². The number of rotatable bonds is 4. The van der Waals surface area contributed by atoms with E-state index in [1.165, 1.54) is 0 Å². The zero-order valence-corrected chi connectivity index (χ0v) is 9.56. The first-order valence-corrected chi connectivity index (χ1v) is 5.80. The van der Waals surface area contributed by atoms with E-state index >= 15 is 0 Å². The van der Waals surface area contributed by atoms with Gasteiger partial charge >= 0.3 is 5.97 Å². The van der Waals surface area contributed by atoms with E-state index in [0.29, 0.717) is 13.1 Å². The van der Waals surface area contributed by atoms with Crippen LogP contribution in [0.2, 0.25) is 0 Å². The molecule has 1 N–H and O–H groups in total. The summed E-state index contributed by atoms with van der Waals surface area (Å²) in [5.41, 5.74) is 0.946. The number of esters is 1. The third kappa shape index (κ3) is 3.53. The van der Waals surface area contributed by atoms with Crippen molar-refractivity contribution in [3.8, 4) is 0 Å². The molecule has 17 heavy (non-hydrogen) atoms. The Morgan fingerprint density at radius 3 is 2.76 bits per heavy atom. The summed E-state index contributed by atoms with van der Waals surface area (Å²) in [5.74, 6) is -0.566. The Bertz CT molecular complexity index is 369. The second-order valence-electron chi connectivity index (χ2n) is 4.28. The highest BCUT2D eigenvalue weighted by Gasteiger charge is 2.29. The SMILES string of the molecule is O=C(C[C@H]1CNC[C@@H]1F)OCc1ccccc1. The number of hydrogen-bond acceptors (Lipinski definition) is 3. The second-order valence-corrected chi connectivity index (χ2v) is 4.28. The molecule has 0 saturated carbocycles. The first-order chi connectivity index (χ1) is 8.25. The van der Waals surface area contributed by atoms with E-state index in [9.17, 15) is 9.18 Å². The zero-order chi connectivity index (χ0) is 12.1. The highest BCUT2D eigenvalue weighted by molar-refractivity contribution is 5.69. The maximum Gasteiger partial charge on any atom is 0.306 e. The maximum absolute atomic E-state index is 13.2. The van der Waals surface area contributed by atoms with E-state index < -0.39 is 6.17 Å². The molecule has 1 aliphatic heterocycles. The molecular formula is C13H16FNO2. The van der Waals surface area contributed by atoms with Crippen molar-refractivity contribution in [1.29, 1.82) is 0 Å². The van der Waals surface area contributed by atoms with Gasteiger partial charge in [0.1, 0.15) is 12.8 Å². The standard InChI is InChI=1S/C13H16FNO2/c14-12-8-15-7-11(12)6-13(16)17-9-10-4-2-1-3-5-10/h1-5,11-12,15H,6-9H2/t11-,12-/m0/s1. The van der Waals surface area contributed by atoms with Crippen LogP contribution in [0.15, 0.2) is 30.3 Å². The number of hydrogen-bond donors (Lipinski definition) is 1. The van der Waals surface area contributed by atoms with Crippen LogP contribution in [0.4, 0.5) is 4.39 Å². The molecule has 0 spiro atoms. The molecular weight excluding hydrogens is 221 g/mol. The summed E-state index contributed by atoms with van der Waals surface area (Å²) in [5, 5.41) is 2.92. The largest absolute Gasteiger partial charge is 0.461 e. The van der Waals surface area contributed by atoms with Crippen LogP contribution in [0.3, 0.4) is 0 Å². The van der Waals surface area contributed by atoms with Gasteiger partial charge in [-0.1, -0.05) is 30.3 Å². The molecule has 1 saturated heterocycles. The average Bonchev–Trinajstić information content (AvgIpc) is 2.74. The molecule has 1 heterocycles. The Morgan fingerprint density at radius 1 is 1.35 bits per heavy atom. The molecule has 2 rings (SSSR count). The van der Waals surface area contributed by atoms with Crippen molar-refractivity contribution < 1.29 is 13.9 Å². The molecule has 1 fully saturated rings. The van der Waals surface area contributed by atoms with Crippen LogP contribution in [0.1, 0.15) is 12.0 Å². The minimum atomic E-state index is -0.931. The molecule has 0 bridgehead atoms. The first kappa shape index (κ1) is 12.0. The van der Waals surface area contributed by atoms with Crippen molar-refractivity contribution in [3.63, 3.8) is 0 Å². The van der Waals surface area contributed by atoms with E-state index in [2.05, 4.69) is 5.32 Å². The molecule has 3 nitrogen and oxygen atoms in total.